The average molecular weight is 494 g/mol. The maximum absolute atomic E-state index is 11.1. The molecule has 1 rings (SSSR count). The van der Waals surface area contributed by atoms with Crippen LogP contribution < -0.4 is 10.6 Å². The zero-order chi connectivity index (χ0) is 16.8. The maximum Gasteiger partial charge on any atom is 0.191 e. The molecule has 0 aliphatic rings. The zero-order valence-electron chi connectivity index (χ0n) is 13.3. The van der Waals surface area contributed by atoms with Gasteiger partial charge in [0.2, 0.25) is 0 Å². The van der Waals surface area contributed by atoms with Gasteiger partial charge in [-0.05, 0) is 31.0 Å². The molecule has 0 saturated heterocycles. The molecule has 1 aromatic rings. The molecule has 0 aliphatic heterocycles. The molecule has 9 heteroatoms. The highest BCUT2D eigenvalue weighted by atomic mass is 127. The summed E-state index contributed by atoms with van der Waals surface area (Å²) in [7, 11) is -1.28. The Morgan fingerprint density at radius 2 is 2.00 bits per heavy atom. The van der Waals surface area contributed by atoms with Gasteiger partial charge in [0.1, 0.15) is 9.84 Å². The summed E-state index contributed by atoms with van der Waals surface area (Å²) >= 11 is 12.1. The van der Waals surface area contributed by atoms with Crippen LogP contribution in [0.3, 0.4) is 0 Å². The lowest BCUT2D eigenvalue weighted by Gasteiger charge is -2.19. The van der Waals surface area contributed by atoms with Crippen molar-refractivity contribution in [3.8, 4) is 0 Å². The van der Waals surface area contributed by atoms with Gasteiger partial charge in [-0.1, -0.05) is 29.3 Å². The summed E-state index contributed by atoms with van der Waals surface area (Å²) in [6, 6.07) is 5.27. The van der Waals surface area contributed by atoms with E-state index in [0.29, 0.717) is 29.0 Å². The molecule has 0 fully saturated rings. The quantitative estimate of drug-likeness (QED) is 0.276. The van der Waals surface area contributed by atoms with Gasteiger partial charge in [-0.15, -0.1) is 24.0 Å². The summed E-state index contributed by atoms with van der Waals surface area (Å²) in [5.74, 6) is 0.738. The lowest BCUT2D eigenvalue weighted by Crippen LogP contribution is -2.39. The number of halogens is 3. The van der Waals surface area contributed by atoms with Crippen LogP contribution in [0.5, 0.6) is 0 Å². The fourth-order valence-electron chi connectivity index (χ4n) is 1.87. The van der Waals surface area contributed by atoms with Gasteiger partial charge in [-0.3, -0.25) is 4.99 Å². The van der Waals surface area contributed by atoms with E-state index in [1.165, 1.54) is 6.26 Å². The van der Waals surface area contributed by atoms with Gasteiger partial charge in [-0.2, -0.15) is 0 Å². The molecule has 1 unspecified atom stereocenters. The smallest absolute Gasteiger partial charge is 0.191 e. The highest BCUT2D eigenvalue weighted by molar-refractivity contribution is 14.0. The minimum atomic E-state index is -2.93. The van der Waals surface area contributed by atoms with Gasteiger partial charge >= 0.3 is 0 Å². The van der Waals surface area contributed by atoms with E-state index in [-0.39, 0.29) is 35.8 Å². The van der Waals surface area contributed by atoms with Crippen LogP contribution in [0.25, 0.3) is 0 Å². The van der Waals surface area contributed by atoms with E-state index in [9.17, 15) is 8.42 Å². The van der Waals surface area contributed by atoms with Gasteiger partial charge in [0.15, 0.2) is 5.96 Å². The summed E-state index contributed by atoms with van der Waals surface area (Å²) in [6.07, 6.45) is 1.75. The van der Waals surface area contributed by atoms with Crippen LogP contribution in [0.15, 0.2) is 23.2 Å². The lowest BCUT2D eigenvalue weighted by atomic mass is 10.1. The molecule has 23 heavy (non-hydrogen) atoms. The van der Waals surface area contributed by atoms with Gasteiger partial charge in [0, 0.05) is 29.9 Å². The van der Waals surface area contributed by atoms with E-state index < -0.39 is 9.84 Å². The van der Waals surface area contributed by atoms with Gasteiger partial charge in [0.25, 0.3) is 0 Å². The SMILES string of the molecule is CN=C(NCCCS(C)(=O)=O)NC(C)c1ccc(Cl)cc1Cl.I. The third-order valence-corrected chi connectivity index (χ3v) is 4.58. The Labute approximate surface area is 165 Å². The molecule has 0 radical (unpaired) electrons. The van der Waals surface area contributed by atoms with Crippen LogP contribution in [0.1, 0.15) is 24.9 Å². The van der Waals surface area contributed by atoms with Crippen LogP contribution in [-0.4, -0.2) is 40.0 Å². The molecule has 0 saturated carbocycles. The second kappa shape index (κ2) is 10.6. The van der Waals surface area contributed by atoms with Gasteiger partial charge in [-0.25, -0.2) is 8.42 Å². The van der Waals surface area contributed by atoms with E-state index >= 15 is 0 Å². The number of hydrogen-bond acceptors (Lipinski definition) is 3. The van der Waals surface area contributed by atoms with Crippen molar-refractivity contribution in [3.63, 3.8) is 0 Å². The van der Waals surface area contributed by atoms with Crippen LogP contribution in [-0.2, 0) is 9.84 Å². The largest absolute Gasteiger partial charge is 0.356 e. The molecule has 1 aromatic carbocycles. The van der Waals surface area contributed by atoms with Crippen LogP contribution in [0.4, 0.5) is 0 Å². The van der Waals surface area contributed by atoms with Crippen molar-refractivity contribution >= 4 is 63.0 Å². The average Bonchev–Trinajstić information content (AvgIpc) is 2.40. The third-order valence-electron chi connectivity index (χ3n) is 2.99. The fraction of sp³-hybridized carbons (Fsp3) is 0.500. The second-order valence-corrected chi connectivity index (χ2v) is 8.12. The normalized spacial score (nSPS) is 13.2. The fourth-order valence-corrected chi connectivity index (χ4v) is 3.11. The third kappa shape index (κ3) is 8.97. The van der Waals surface area contributed by atoms with Crippen LogP contribution >= 0.6 is 47.2 Å². The minimum absolute atomic E-state index is 0. The summed E-state index contributed by atoms with van der Waals surface area (Å²) in [5, 5.41) is 7.45. The minimum Gasteiger partial charge on any atom is -0.356 e. The van der Waals surface area contributed by atoms with E-state index in [2.05, 4.69) is 15.6 Å². The topological polar surface area (TPSA) is 70.6 Å². The zero-order valence-corrected chi connectivity index (χ0v) is 17.9. The molecule has 0 aromatic heterocycles. The Morgan fingerprint density at radius 3 is 2.52 bits per heavy atom. The van der Waals surface area contributed by atoms with Crippen molar-refractivity contribution in [2.45, 2.75) is 19.4 Å². The van der Waals surface area contributed by atoms with Crippen LogP contribution in [0.2, 0.25) is 10.0 Å². The monoisotopic (exact) mass is 493 g/mol. The summed E-state index contributed by atoms with van der Waals surface area (Å²) in [4.78, 5) is 4.11. The molecule has 0 heterocycles. The Balaban J connectivity index is 0.00000484. The van der Waals surface area contributed by atoms with Crippen molar-refractivity contribution in [1.82, 2.24) is 10.6 Å². The number of benzene rings is 1. The molecule has 0 aliphatic carbocycles. The van der Waals surface area contributed by atoms with E-state index in [1.807, 2.05) is 13.0 Å². The first kappa shape index (κ1) is 22.8. The number of nitrogens with zero attached hydrogens (tertiary/aromatic N) is 1. The van der Waals surface area contributed by atoms with Crippen LogP contribution in [0, 0.1) is 0 Å². The molecule has 1 atom stereocenters. The maximum atomic E-state index is 11.1. The first-order chi connectivity index (χ1) is 10.2. The van der Waals surface area contributed by atoms with Crippen molar-refractivity contribution in [2.24, 2.45) is 4.99 Å². The number of nitrogens with one attached hydrogen (secondary N) is 2. The van der Waals surface area contributed by atoms with Crippen molar-refractivity contribution in [1.29, 1.82) is 0 Å². The van der Waals surface area contributed by atoms with E-state index in [1.54, 1.807) is 19.2 Å². The van der Waals surface area contributed by atoms with Gasteiger partial charge in [0.05, 0.1) is 11.8 Å². The van der Waals surface area contributed by atoms with Crippen molar-refractivity contribution in [2.75, 3.05) is 25.6 Å². The Bertz CT molecular complexity index is 639. The molecule has 0 spiro atoms. The standard InChI is InChI=1S/C14H21Cl2N3O2S.HI/c1-10(12-6-5-11(15)9-13(12)16)19-14(17-2)18-7-4-8-22(3,20)21;/h5-6,9-10H,4,7-8H2,1-3H3,(H2,17,18,19);1H. The van der Waals surface area contributed by atoms with Gasteiger partial charge < -0.3 is 10.6 Å². The summed E-state index contributed by atoms with van der Waals surface area (Å²) in [6.45, 7) is 2.48. The second-order valence-electron chi connectivity index (χ2n) is 5.01. The molecular formula is C14H22Cl2IN3O2S. The highest BCUT2D eigenvalue weighted by Gasteiger charge is 2.11. The summed E-state index contributed by atoms with van der Waals surface area (Å²) < 4.78 is 22.1. The number of sulfone groups is 1. The molecule has 0 bridgehead atoms. The first-order valence-electron chi connectivity index (χ1n) is 6.83. The predicted octanol–water partition coefficient (Wildman–Crippen LogP) is 3.27. The Hall–Kier alpha value is -0.250. The predicted molar refractivity (Wildman–Crippen MR) is 109 cm³/mol. The molecule has 5 nitrogen and oxygen atoms in total. The molecular weight excluding hydrogens is 472 g/mol. The molecule has 132 valence electrons. The number of rotatable bonds is 6. The number of guanidine groups is 1. The molecule has 0 amide bonds. The van der Waals surface area contributed by atoms with Crippen molar-refractivity contribution in [3.05, 3.63) is 33.8 Å². The number of aliphatic imine (C=N–C) groups is 1. The van der Waals surface area contributed by atoms with E-state index in [0.717, 1.165) is 5.56 Å². The molecule has 2 N–H and O–H groups in total. The highest BCUT2D eigenvalue weighted by Crippen LogP contribution is 2.25. The lowest BCUT2D eigenvalue weighted by molar-refractivity contribution is 0.598. The summed E-state index contributed by atoms with van der Waals surface area (Å²) in [5.41, 5.74) is 0.908. The number of hydrogen-bond donors (Lipinski definition) is 2. The Kier molecular flexibility index (Phi) is 10.5. The first-order valence-corrected chi connectivity index (χ1v) is 9.64. The van der Waals surface area contributed by atoms with Crippen molar-refractivity contribution < 1.29 is 8.42 Å². The Morgan fingerprint density at radius 1 is 1.35 bits per heavy atom. The van der Waals surface area contributed by atoms with E-state index in [4.69, 9.17) is 23.2 Å².